The molecule has 1 unspecified atom stereocenters. The van der Waals surface area contributed by atoms with Gasteiger partial charge in [-0.15, -0.1) is 0 Å². The van der Waals surface area contributed by atoms with Gasteiger partial charge < -0.3 is 20.9 Å². The van der Waals surface area contributed by atoms with Crippen molar-refractivity contribution in [2.24, 2.45) is 0 Å². The predicted octanol–water partition coefficient (Wildman–Crippen LogP) is 1.80. The second-order valence-corrected chi connectivity index (χ2v) is 3.81. The number of hydrogen-bond acceptors (Lipinski definition) is 4. The van der Waals surface area contributed by atoms with Gasteiger partial charge in [-0.05, 0) is 24.6 Å². The minimum atomic E-state index is -1.02. The van der Waals surface area contributed by atoms with Crippen molar-refractivity contribution in [2.45, 2.75) is 19.4 Å². The van der Waals surface area contributed by atoms with Crippen LogP contribution >= 0.6 is 0 Å². The van der Waals surface area contributed by atoms with Crippen molar-refractivity contribution in [3.05, 3.63) is 23.8 Å². The Hall–Kier alpha value is -1.75. The number of carboxylic acid groups (broad SMARTS) is 1. The summed E-state index contributed by atoms with van der Waals surface area (Å²) in [6, 6.07) is 5.02. The first-order valence-electron chi connectivity index (χ1n) is 5.46. The van der Waals surface area contributed by atoms with Crippen LogP contribution in [0.15, 0.2) is 18.2 Å². The number of aromatic carboxylic acids is 1. The summed E-state index contributed by atoms with van der Waals surface area (Å²) in [6.07, 6.45) is 0.911. The molecule has 5 nitrogen and oxygen atoms in total. The predicted molar refractivity (Wildman–Crippen MR) is 67.4 cm³/mol. The van der Waals surface area contributed by atoms with Crippen LogP contribution in [0.25, 0.3) is 0 Å². The lowest BCUT2D eigenvalue weighted by Crippen LogP contribution is -2.24. The van der Waals surface area contributed by atoms with E-state index >= 15 is 0 Å². The highest BCUT2D eigenvalue weighted by Gasteiger charge is 2.10. The zero-order valence-electron chi connectivity index (χ0n) is 10.1. The summed E-state index contributed by atoms with van der Waals surface area (Å²) < 4.78 is 5.07. The minimum Gasteiger partial charge on any atom is -0.478 e. The van der Waals surface area contributed by atoms with Gasteiger partial charge in [-0.3, -0.25) is 0 Å². The third-order valence-electron chi connectivity index (χ3n) is 2.51. The summed E-state index contributed by atoms with van der Waals surface area (Å²) in [5, 5.41) is 12.1. The zero-order chi connectivity index (χ0) is 12.8. The SMILES string of the molecule is CCC(COC)Nc1ccc(C(=O)O)c(N)c1. The number of carboxylic acids is 1. The average Bonchev–Trinajstić information content (AvgIpc) is 2.28. The van der Waals surface area contributed by atoms with Crippen molar-refractivity contribution in [1.82, 2.24) is 0 Å². The largest absolute Gasteiger partial charge is 0.478 e. The van der Waals surface area contributed by atoms with Gasteiger partial charge in [0.25, 0.3) is 0 Å². The van der Waals surface area contributed by atoms with Crippen molar-refractivity contribution in [2.75, 3.05) is 24.8 Å². The lowest BCUT2D eigenvalue weighted by atomic mass is 10.1. The third-order valence-corrected chi connectivity index (χ3v) is 2.51. The second-order valence-electron chi connectivity index (χ2n) is 3.81. The van der Waals surface area contributed by atoms with Crippen LogP contribution in [0.1, 0.15) is 23.7 Å². The van der Waals surface area contributed by atoms with Crippen LogP contribution in [0.5, 0.6) is 0 Å². The Bertz CT molecular complexity index is 393. The van der Waals surface area contributed by atoms with Crippen LogP contribution in [0, 0.1) is 0 Å². The fourth-order valence-electron chi connectivity index (χ4n) is 1.55. The minimum absolute atomic E-state index is 0.121. The summed E-state index contributed by atoms with van der Waals surface area (Å²) in [5.41, 5.74) is 6.84. The molecule has 1 aromatic carbocycles. The van der Waals surface area contributed by atoms with Crippen LogP contribution < -0.4 is 11.1 Å². The molecule has 0 bridgehead atoms. The van der Waals surface area contributed by atoms with Gasteiger partial charge in [0.1, 0.15) is 0 Å². The number of rotatable bonds is 6. The Balaban J connectivity index is 2.79. The van der Waals surface area contributed by atoms with Crippen LogP contribution in [0.2, 0.25) is 0 Å². The van der Waals surface area contributed by atoms with Gasteiger partial charge in [-0.25, -0.2) is 4.79 Å². The normalized spacial score (nSPS) is 12.1. The monoisotopic (exact) mass is 238 g/mol. The van der Waals surface area contributed by atoms with E-state index in [1.807, 2.05) is 6.92 Å². The van der Waals surface area contributed by atoms with E-state index in [0.717, 1.165) is 12.1 Å². The smallest absolute Gasteiger partial charge is 0.337 e. The highest BCUT2D eigenvalue weighted by Crippen LogP contribution is 2.19. The Morgan fingerprint density at radius 3 is 2.76 bits per heavy atom. The third kappa shape index (κ3) is 3.64. The van der Waals surface area contributed by atoms with Crippen LogP contribution in [-0.4, -0.2) is 30.8 Å². The number of hydrogen-bond donors (Lipinski definition) is 3. The first-order chi connectivity index (χ1) is 8.08. The van der Waals surface area contributed by atoms with E-state index in [1.165, 1.54) is 6.07 Å². The summed E-state index contributed by atoms with van der Waals surface area (Å²) in [5.74, 6) is -1.02. The van der Waals surface area contributed by atoms with Crippen molar-refractivity contribution in [1.29, 1.82) is 0 Å². The Morgan fingerprint density at radius 1 is 1.59 bits per heavy atom. The number of nitrogens with one attached hydrogen (secondary N) is 1. The van der Waals surface area contributed by atoms with Crippen molar-refractivity contribution >= 4 is 17.3 Å². The van der Waals surface area contributed by atoms with E-state index in [0.29, 0.717) is 6.61 Å². The number of nitrogens with two attached hydrogens (primary N) is 1. The number of benzene rings is 1. The summed E-state index contributed by atoms with van der Waals surface area (Å²) in [6.45, 7) is 2.64. The fraction of sp³-hybridized carbons (Fsp3) is 0.417. The molecule has 0 aromatic heterocycles. The molecule has 94 valence electrons. The van der Waals surface area contributed by atoms with Crippen LogP contribution in [-0.2, 0) is 4.74 Å². The molecular weight excluding hydrogens is 220 g/mol. The maximum Gasteiger partial charge on any atom is 0.337 e. The molecule has 0 heterocycles. The molecule has 0 aliphatic heterocycles. The number of anilines is 2. The quantitative estimate of drug-likeness (QED) is 0.658. The van der Waals surface area contributed by atoms with E-state index in [2.05, 4.69) is 5.32 Å². The first-order valence-corrected chi connectivity index (χ1v) is 5.46. The average molecular weight is 238 g/mol. The molecule has 0 fully saturated rings. The molecular formula is C12H18N2O3. The van der Waals surface area contributed by atoms with E-state index in [9.17, 15) is 4.79 Å². The van der Waals surface area contributed by atoms with Gasteiger partial charge in [-0.2, -0.15) is 0 Å². The molecule has 0 saturated carbocycles. The number of methoxy groups -OCH3 is 1. The van der Waals surface area contributed by atoms with Crippen molar-refractivity contribution < 1.29 is 14.6 Å². The zero-order valence-corrected chi connectivity index (χ0v) is 10.1. The highest BCUT2D eigenvalue weighted by molar-refractivity contribution is 5.94. The molecule has 1 atom stereocenters. The topological polar surface area (TPSA) is 84.6 Å². The van der Waals surface area contributed by atoms with Gasteiger partial charge in [0, 0.05) is 24.5 Å². The fourth-order valence-corrected chi connectivity index (χ4v) is 1.55. The molecule has 0 spiro atoms. The molecule has 1 rings (SSSR count). The van der Waals surface area contributed by atoms with Gasteiger partial charge >= 0.3 is 5.97 Å². The molecule has 0 aliphatic rings. The van der Waals surface area contributed by atoms with Crippen LogP contribution in [0.4, 0.5) is 11.4 Å². The van der Waals surface area contributed by atoms with Gasteiger partial charge in [0.05, 0.1) is 12.2 Å². The molecule has 5 heteroatoms. The molecule has 17 heavy (non-hydrogen) atoms. The lowest BCUT2D eigenvalue weighted by molar-refractivity contribution is 0.0698. The van der Waals surface area contributed by atoms with Gasteiger partial charge in [0.15, 0.2) is 0 Å². The van der Waals surface area contributed by atoms with E-state index in [4.69, 9.17) is 15.6 Å². The molecule has 0 aliphatic carbocycles. The summed E-state index contributed by atoms with van der Waals surface area (Å²) >= 11 is 0. The van der Waals surface area contributed by atoms with Crippen molar-refractivity contribution in [3.63, 3.8) is 0 Å². The first kappa shape index (κ1) is 13.3. The Kier molecular flexibility index (Phi) is 4.78. The lowest BCUT2D eigenvalue weighted by Gasteiger charge is -2.17. The van der Waals surface area contributed by atoms with Crippen molar-refractivity contribution in [3.8, 4) is 0 Å². The molecule has 0 amide bonds. The second kappa shape index (κ2) is 6.10. The number of nitrogen functional groups attached to an aromatic ring is 1. The molecule has 4 N–H and O–H groups in total. The maximum atomic E-state index is 10.8. The van der Waals surface area contributed by atoms with Gasteiger partial charge in [-0.1, -0.05) is 6.92 Å². The molecule has 0 saturated heterocycles. The van der Waals surface area contributed by atoms with E-state index in [1.54, 1.807) is 19.2 Å². The number of carbonyl (C=O) groups is 1. The van der Waals surface area contributed by atoms with E-state index < -0.39 is 5.97 Å². The maximum absolute atomic E-state index is 10.8. The molecule has 0 radical (unpaired) electrons. The Morgan fingerprint density at radius 2 is 2.29 bits per heavy atom. The summed E-state index contributed by atoms with van der Waals surface area (Å²) in [7, 11) is 1.65. The Labute approximate surface area is 101 Å². The van der Waals surface area contributed by atoms with E-state index in [-0.39, 0.29) is 17.3 Å². The number of ether oxygens (including phenoxy) is 1. The summed E-state index contributed by atoms with van der Waals surface area (Å²) in [4.78, 5) is 10.8. The highest BCUT2D eigenvalue weighted by atomic mass is 16.5. The van der Waals surface area contributed by atoms with Gasteiger partial charge in [0.2, 0.25) is 0 Å². The standard InChI is InChI=1S/C12H18N2O3/c1-3-8(7-17-2)14-9-4-5-10(12(15)16)11(13)6-9/h4-6,8,14H,3,7,13H2,1-2H3,(H,15,16). The van der Waals surface area contributed by atoms with Crippen LogP contribution in [0.3, 0.4) is 0 Å². The molecule has 1 aromatic rings.